The molecule has 0 spiro atoms. The predicted octanol–water partition coefficient (Wildman–Crippen LogP) is 4.53. The van der Waals surface area contributed by atoms with E-state index in [4.69, 9.17) is 9.84 Å². The summed E-state index contributed by atoms with van der Waals surface area (Å²) in [6.45, 7) is 1.59. The van der Waals surface area contributed by atoms with Crippen molar-refractivity contribution in [2.75, 3.05) is 0 Å². The Morgan fingerprint density at radius 3 is 2.55 bits per heavy atom. The monoisotopic (exact) mass is 342 g/mol. The van der Waals surface area contributed by atoms with Crippen LogP contribution in [0.5, 0.6) is 11.5 Å². The van der Waals surface area contributed by atoms with Crippen LogP contribution in [-0.2, 0) is 0 Å². The standard InChI is InChI=1S/C14H9BrF2O3/c1-7-4-9(2-3-10(7)14(18)19)20-12-6-8(15)5-11(16)13(12)17/h2-6H,1H3,(H,18,19). The van der Waals surface area contributed by atoms with Gasteiger partial charge in [-0.05, 0) is 42.8 Å². The Morgan fingerprint density at radius 2 is 1.95 bits per heavy atom. The molecule has 104 valence electrons. The van der Waals surface area contributed by atoms with Gasteiger partial charge in [0.25, 0.3) is 0 Å². The van der Waals surface area contributed by atoms with Gasteiger partial charge in [-0.1, -0.05) is 15.9 Å². The number of aryl methyl sites for hydroxylation is 1. The normalized spacial score (nSPS) is 10.4. The molecule has 2 rings (SSSR count). The Labute approximate surface area is 121 Å². The van der Waals surface area contributed by atoms with Crippen LogP contribution in [0, 0.1) is 18.6 Å². The fourth-order valence-electron chi connectivity index (χ4n) is 1.67. The van der Waals surface area contributed by atoms with Crippen molar-refractivity contribution in [2.24, 2.45) is 0 Å². The number of carboxylic acids is 1. The lowest BCUT2D eigenvalue weighted by molar-refractivity contribution is 0.0696. The molecule has 0 amide bonds. The Hall–Kier alpha value is -1.95. The third-order valence-electron chi connectivity index (χ3n) is 2.62. The Bertz CT molecular complexity index is 686. The smallest absolute Gasteiger partial charge is 0.335 e. The molecule has 0 aromatic heterocycles. The number of benzene rings is 2. The lowest BCUT2D eigenvalue weighted by Gasteiger charge is -2.09. The fourth-order valence-corrected chi connectivity index (χ4v) is 2.08. The summed E-state index contributed by atoms with van der Waals surface area (Å²) in [6.07, 6.45) is 0. The summed E-state index contributed by atoms with van der Waals surface area (Å²) < 4.78 is 32.4. The molecule has 6 heteroatoms. The van der Waals surface area contributed by atoms with Gasteiger partial charge in [-0.15, -0.1) is 0 Å². The minimum Gasteiger partial charge on any atom is -0.478 e. The highest BCUT2D eigenvalue weighted by molar-refractivity contribution is 9.10. The molecule has 0 radical (unpaired) electrons. The van der Waals surface area contributed by atoms with E-state index >= 15 is 0 Å². The Kier molecular flexibility index (Phi) is 4.04. The van der Waals surface area contributed by atoms with Crippen LogP contribution in [0.4, 0.5) is 8.78 Å². The van der Waals surface area contributed by atoms with Crippen LogP contribution in [0.25, 0.3) is 0 Å². The highest BCUT2D eigenvalue weighted by Crippen LogP contribution is 2.30. The largest absolute Gasteiger partial charge is 0.478 e. The van der Waals surface area contributed by atoms with Gasteiger partial charge in [-0.3, -0.25) is 0 Å². The topological polar surface area (TPSA) is 46.5 Å². The van der Waals surface area contributed by atoms with Crippen LogP contribution in [0.1, 0.15) is 15.9 Å². The molecule has 0 bridgehead atoms. The quantitative estimate of drug-likeness (QED) is 0.833. The van der Waals surface area contributed by atoms with Crippen LogP contribution in [0.15, 0.2) is 34.8 Å². The van der Waals surface area contributed by atoms with Gasteiger partial charge in [-0.25, -0.2) is 9.18 Å². The van der Waals surface area contributed by atoms with Crippen LogP contribution in [-0.4, -0.2) is 11.1 Å². The van der Waals surface area contributed by atoms with Crippen LogP contribution in [0.3, 0.4) is 0 Å². The van der Waals surface area contributed by atoms with Crippen molar-refractivity contribution in [3.05, 3.63) is 57.6 Å². The highest BCUT2D eigenvalue weighted by Gasteiger charge is 2.13. The maximum Gasteiger partial charge on any atom is 0.335 e. The number of rotatable bonds is 3. The van der Waals surface area contributed by atoms with Gasteiger partial charge in [0.15, 0.2) is 11.6 Å². The van der Waals surface area contributed by atoms with Gasteiger partial charge >= 0.3 is 5.97 Å². The minimum atomic E-state index is -1.10. The molecule has 1 N–H and O–H groups in total. The average molecular weight is 343 g/mol. The molecule has 0 atom stereocenters. The first-order valence-electron chi connectivity index (χ1n) is 5.55. The second-order valence-electron chi connectivity index (χ2n) is 4.08. The van der Waals surface area contributed by atoms with Crippen molar-refractivity contribution >= 4 is 21.9 Å². The summed E-state index contributed by atoms with van der Waals surface area (Å²) in [5.41, 5.74) is 0.587. The van der Waals surface area contributed by atoms with Gasteiger partial charge < -0.3 is 9.84 Å². The molecule has 0 aliphatic carbocycles. The number of carbonyl (C=O) groups is 1. The minimum absolute atomic E-state index is 0.123. The van der Waals surface area contributed by atoms with E-state index < -0.39 is 17.6 Å². The SMILES string of the molecule is Cc1cc(Oc2cc(Br)cc(F)c2F)ccc1C(=O)O. The zero-order valence-electron chi connectivity index (χ0n) is 10.3. The van der Waals surface area contributed by atoms with E-state index in [-0.39, 0.29) is 17.1 Å². The van der Waals surface area contributed by atoms with Crippen LogP contribution < -0.4 is 4.74 Å². The van der Waals surface area contributed by atoms with Crippen molar-refractivity contribution in [3.63, 3.8) is 0 Å². The van der Waals surface area contributed by atoms with Crippen LogP contribution >= 0.6 is 15.9 Å². The van der Waals surface area contributed by atoms with Gasteiger partial charge in [0.1, 0.15) is 5.75 Å². The van der Waals surface area contributed by atoms with Gasteiger partial charge in [0.2, 0.25) is 5.82 Å². The zero-order chi connectivity index (χ0) is 14.9. The number of hydrogen-bond acceptors (Lipinski definition) is 2. The molecule has 0 unspecified atom stereocenters. The summed E-state index contributed by atoms with van der Waals surface area (Å²) in [7, 11) is 0. The zero-order valence-corrected chi connectivity index (χ0v) is 11.9. The van der Waals surface area contributed by atoms with E-state index in [9.17, 15) is 13.6 Å². The number of hydrogen-bond donors (Lipinski definition) is 1. The molecule has 0 aliphatic rings. The number of halogens is 3. The van der Waals surface area contributed by atoms with Gasteiger partial charge in [0, 0.05) is 4.47 Å². The lowest BCUT2D eigenvalue weighted by atomic mass is 10.1. The maximum atomic E-state index is 13.6. The first kappa shape index (κ1) is 14.5. The van der Waals surface area contributed by atoms with Crippen molar-refractivity contribution in [3.8, 4) is 11.5 Å². The highest BCUT2D eigenvalue weighted by atomic mass is 79.9. The summed E-state index contributed by atoms with van der Waals surface area (Å²) in [4.78, 5) is 10.9. The maximum absolute atomic E-state index is 13.6. The second kappa shape index (κ2) is 5.58. The second-order valence-corrected chi connectivity index (χ2v) is 5.00. The first-order chi connectivity index (χ1) is 9.38. The van der Waals surface area contributed by atoms with Crippen molar-refractivity contribution in [1.82, 2.24) is 0 Å². The van der Waals surface area contributed by atoms with Crippen LogP contribution in [0.2, 0.25) is 0 Å². The molecule has 0 aliphatic heterocycles. The fraction of sp³-hybridized carbons (Fsp3) is 0.0714. The third kappa shape index (κ3) is 2.96. The van der Waals surface area contributed by atoms with E-state index in [1.54, 1.807) is 6.92 Å². The predicted molar refractivity (Wildman–Crippen MR) is 72.3 cm³/mol. The molecular weight excluding hydrogens is 334 g/mol. The molecule has 2 aromatic rings. The molecule has 2 aromatic carbocycles. The number of ether oxygens (including phenoxy) is 1. The molecule has 0 saturated carbocycles. The van der Waals surface area contributed by atoms with Crippen molar-refractivity contribution in [2.45, 2.75) is 6.92 Å². The molecule has 0 saturated heterocycles. The molecule has 0 heterocycles. The average Bonchev–Trinajstić information content (AvgIpc) is 2.35. The van der Waals surface area contributed by atoms with E-state index in [0.29, 0.717) is 10.0 Å². The summed E-state index contributed by atoms with van der Waals surface area (Å²) >= 11 is 3.04. The third-order valence-corrected chi connectivity index (χ3v) is 3.07. The van der Waals surface area contributed by atoms with E-state index in [1.165, 1.54) is 24.3 Å². The Morgan fingerprint density at radius 1 is 1.25 bits per heavy atom. The summed E-state index contributed by atoms with van der Waals surface area (Å²) in [6, 6.07) is 6.45. The molecule has 0 fully saturated rings. The van der Waals surface area contributed by atoms with E-state index in [1.807, 2.05) is 0 Å². The van der Waals surface area contributed by atoms with Crippen molar-refractivity contribution < 1.29 is 23.4 Å². The number of aromatic carboxylic acids is 1. The lowest BCUT2D eigenvalue weighted by Crippen LogP contribution is -2.00. The van der Waals surface area contributed by atoms with E-state index in [0.717, 1.165) is 6.07 Å². The summed E-state index contributed by atoms with van der Waals surface area (Å²) in [5.74, 6) is -3.25. The van der Waals surface area contributed by atoms with Gasteiger partial charge in [0.05, 0.1) is 5.56 Å². The van der Waals surface area contributed by atoms with Gasteiger partial charge in [-0.2, -0.15) is 4.39 Å². The number of carboxylic acid groups (broad SMARTS) is 1. The van der Waals surface area contributed by atoms with E-state index in [2.05, 4.69) is 15.9 Å². The first-order valence-corrected chi connectivity index (χ1v) is 6.34. The molecular formula is C14H9BrF2O3. The Balaban J connectivity index is 2.36. The molecule has 3 nitrogen and oxygen atoms in total. The summed E-state index contributed by atoms with van der Waals surface area (Å²) in [5, 5.41) is 8.91. The molecule has 20 heavy (non-hydrogen) atoms. The van der Waals surface area contributed by atoms with Crippen molar-refractivity contribution in [1.29, 1.82) is 0 Å².